The van der Waals surface area contributed by atoms with Gasteiger partial charge < -0.3 is 10.8 Å². The fourth-order valence-corrected chi connectivity index (χ4v) is 2.55. The summed E-state index contributed by atoms with van der Waals surface area (Å²) in [6.07, 6.45) is 1.00. The molecule has 1 unspecified atom stereocenters. The lowest BCUT2D eigenvalue weighted by Gasteiger charge is -2.17. The molecule has 0 saturated carbocycles. The first-order valence-corrected chi connectivity index (χ1v) is 6.42. The Labute approximate surface area is 111 Å². The second kappa shape index (κ2) is 5.73. The zero-order valence-corrected chi connectivity index (χ0v) is 10.9. The minimum atomic E-state index is -0.323. The summed E-state index contributed by atoms with van der Waals surface area (Å²) in [5, 5.41) is 9.11. The Balaban J connectivity index is 2.12. The quantitative estimate of drug-likeness (QED) is 0.808. The molecule has 3 N–H and O–H groups in total. The summed E-state index contributed by atoms with van der Waals surface area (Å²) in [6.45, 7) is 2.73. The van der Waals surface area contributed by atoms with Gasteiger partial charge in [0.05, 0.1) is 0 Å². The third-order valence-corrected chi connectivity index (χ3v) is 3.58. The third-order valence-electron chi connectivity index (χ3n) is 3.36. The van der Waals surface area contributed by atoms with E-state index >= 15 is 0 Å². The minimum absolute atomic E-state index is 0.224. The lowest BCUT2D eigenvalue weighted by Crippen LogP contribution is -2.23. The maximum Gasteiger partial charge on any atom is 0.123 e. The van der Waals surface area contributed by atoms with Crippen molar-refractivity contribution in [1.29, 1.82) is 0 Å². The number of benzene rings is 1. The van der Waals surface area contributed by atoms with Crippen molar-refractivity contribution in [3.63, 3.8) is 0 Å². The normalized spacial score (nSPS) is 20.2. The summed E-state index contributed by atoms with van der Waals surface area (Å²) in [6, 6.07) is 4.55. The Bertz CT molecular complexity index is 453. The molecule has 1 heterocycles. The Hall–Kier alpha value is -1.04. The van der Waals surface area contributed by atoms with Crippen LogP contribution in [-0.2, 0) is 6.54 Å². The van der Waals surface area contributed by atoms with Crippen molar-refractivity contribution in [3.8, 4) is 0 Å². The summed E-state index contributed by atoms with van der Waals surface area (Å²) in [5.74, 6) is 0.0231. The van der Waals surface area contributed by atoms with Crippen molar-refractivity contribution in [2.45, 2.75) is 13.0 Å². The average molecular weight is 268 g/mol. The Kier molecular flexibility index (Phi) is 4.27. The van der Waals surface area contributed by atoms with Crippen molar-refractivity contribution in [2.24, 2.45) is 11.7 Å². The number of thiocarbonyl (C=S) groups is 1. The molecule has 0 aliphatic carbocycles. The van der Waals surface area contributed by atoms with E-state index in [0.29, 0.717) is 18.0 Å². The van der Waals surface area contributed by atoms with Crippen LogP contribution in [0.3, 0.4) is 0 Å². The van der Waals surface area contributed by atoms with Crippen LogP contribution in [0, 0.1) is 11.7 Å². The Morgan fingerprint density at radius 2 is 2.33 bits per heavy atom. The van der Waals surface area contributed by atoms with Crippen LogP contribution in [-0.4, -0.2) is 34.7 Å². The first kappa shape index (κ1) is 13.4. The second-order valence-electron chi connectivity index (χ2n) is 4.74. The lowest BCUT2D eigenvalue weighted by atomic mass is 10.1. The predicted molar refractivity (Wildman–Crippen MR) is 72.8 cm³/mol. The summed E-state index contributed by atoms with van der Waals surface area (Å²) in [4.78, 5) is 2.46. The number of aliphatic hydroxyl groups is 1. The molecule has 5 heteroatoms. The van der Waals surface area contributed by atoms with E-state index in [2.05, 4.69) is 4.90 Å². The molecular weight excluding hydrogens is 251 g/mol. The largest absolute Gasteiger partial charge is 0.396 e. The van der Waals surface area contributed by atoms with Crippen molar-refractivity contribution in [3.05, 3.63) is 35.1 Å². The third kappa shape index (κ3) is 3.04. The van der Waals surface area contributed by atoms with E-state index in [9.17, 15) is 4.39 Å². The number of halogens is 1. The smallest absolute Gasteiger partial charge is 0.123 e. The second-order valence-corrected chi connectivity index (χ2v) is 5.18. The van der Waals surface area contributed by atoms with Crippen LogP contribution in [0.25, 0.3) is 0 Å². The van der Waals surface area contributed by atoms with Crippen LogP contribution in [0.1, 0.15) is 17.5 Å². The molecule has 1 fully saturated rings. The first-order chi connectivity index (χ1) is 8.60. The number of nitrogens with two attached hydrogens (primary N) is 1. The highest BCUT2D eigenvalue weighted by Gasteiger charge is 2.22. The van der Waals surface area contributed by atoms with E-state index in [0.717, 1.165) is 25.1 Å². The topological polar surface area (TPSA) is 49.5 Å². The van der Waals surface area contributed by atoms with Gasteiger partial charge >= 0.3 is 0 Å². The SMILES string of the molecule is NC(=S)c1cc(F)ccc1CN1CCC(CO)C1. The molecule has 1 aromatic rings. The maximum absolute atomic E-state index is 13.2. The number of rotatable bonds is 4. The fourth-order valence-electron chi connectivity index (χ4n) is 2.36. The highest BCUT2D eigenvalue weighted by Crippen LogP contribution is 2.20. The fraction of sp³-hybridized carbons (Fsp3) is 0.462. The zero-order chi connectivity index (χ0) is 13.1. The number of hydrogen-bond acceptors (Lipinski definition) is 3. The molecule has 0 radical (unpaired) electrons. The molecule has 0 bridgehead atoms. The number of hydrogen-bond donors (Lipinski definition) is 2. The van der Waals surface area contributed by atoms with Gasteiger partial charge in [-0.1, -0.05) is 18.3 Å². The lowest BCUT2D eigenvalue weighted by molar-refractivity contribution is 0.220. The van der Waals surface area contributed by atoms with Gasteiger partial charge in [-0.15, -0.1) is 0 Å². The molecule has 1 saturated heterocycles. The molecule has 3 nitrogen and oxygen atoms in total. The van der Waals surface area contributed by atoms with Gasteiger partial charge in [-0.05, 0) is 36.6 Å². The molecule has 18 heavy (non-hydrogen) atoms. The molecule has 2 rings (SSSR count). The Morgan fingerprint density at radius 3 is 2.94 bits per heavy atom. The summed E-state index contributed by atoms with van der Waals surface area (Å²) < 4.78 is 13.2. The van der Waals surface area contributed by atoms with E-state index in [4.69, 9.17) is 23.1 Å². The van der Waals surface area contributed by atoms with Crippen LogP contribution in [0.2, 0.25) is 0 Å². The van der Waals surface area contributed by atoms with Crippen molar-refractivity contribution >= 4 is 17.2 Å². The highest BCUT2D eigenvalue weighted by molar-refractivity contribution is 7.80. The molecule has 1 aliphatic rings. The van der Waals surface area contributed by atoms with Crippen molar-refractivity contribution < 1.29 is 9.50 Å². The molecule has 1 aromatic carbocycles. The molecular formula is C13H17FN2OS. The van der Waals surface area contributed by atoms with E-state index in [-0.39, 0.29) is 17.4 Å². The van der Waals surface area contributed by atoms with Crippen LogP contribution in [0.15, 0.2) is 18.2 Å². The molecule has 0 aromatic heterocycles. The van der Waals surface area contributed by atoms with Crippen LogP contribution in [0.5, 0.6) is 0 Å². The molecule has 1 aliphatic heterocycles. The van der Waals surface area contributed by atoms with Gasteiger partial charge in [0.1, 0.15) is 10.8 Å². The van der Waals surface area contributed by atoms with E-state index in [1.165, 1.54) is 12.1 Å². The predicted octanol–water partition coefficient (Wildman–Crippen LogP) is 1.27. The minimum Gasteiger partial charge on any atom is -0.396 e. The first-order valence-electron chi connectivity index (χ1n) is 6.01. The average Bonchev–Trinajstić information content (AvgIpc) is 2.79. The van der Waals surface area contributed by atoms with Crippen molar-refractivity contribution in [1.82, 2.24) is 4.90 Å². The van der Waals surface area contributed by atoms with Gasteiger partial charge in [-0.2, -0.15) is 0 Å². The molecule has 0 amide bonds. The van der Waals surface area contributed by atoms with Crippen LogP contribution < -0.4 is 5.73 Å². The summed E-state index contributed by atoms with van der Waals surface area (Å²) in [5.41, 5.74) is 7.17. The van der Waals surface area contributed by atoms with Gasteiger partial charge in [0.15, 0.2) is 0 Å². The van der Waals surface area contributed by atoms with Gasteiger partial charge in [0.25, 0.3) is 0 Å². The van der Waals surface area contributed by atoms with Gasteiger partial charge in [-0.25, -0.2) is 4.39 Å². The van der Waals surface area contributed by atoms with Crippen molar-refractivity contribution in [2.75, 3.05) is 19.7 Å². The molecule has 1 atom stereocenters. The zero-order valence-electron chi connectivity index (χ0n) is 10.1. The van der Waals surface area contributed by atoms with Crippen LogP contribution >= 0.6 is 12.2 Å². The van der Waals surface area contributed by atoms with Gasteiger partial charge in [0, 0.05) is 25.3 Å². The summed E-state index contributed by atoms with van der Waals surface area (Å²) >= 11 is 4.95. The van der Waals surface area contributed by atoms with E-state index < -0.39 is 0 Å². The van der Waals surface area contributed by atoms with E-state index in [1.807, 2.05) is 0 Å². The maximum atomic E-state index is 13.2. The van der Waals surface area contributed by atoms with Crippen LogP contribution in [0.4, 0.5) is 4.39 Å². The molecule has 0 spiro atoms. The van der Waals surface area contributed by atoms with Gasteiger partial charge in [0.2, 0.25) is 0 Å². The number of nitrogens with zero attached hydrogens (tertiary/aromatic N) is 1. The number of likely N-dealkylation sites (tertiary alicyclic amines) is 1. The van der Waals surface area contributed by atoms with E-state index in [1.54, 1.807) is 6.07 Å². The highest BCUT2D eigenvalue weighted by atomic mass is 32.1. The summed E-state index contributed by atoms with van der Waals surface area (Å²) in [7, 11) is 0. The number of aliphatic hydroxyl groups excluding tert-OH is 1. The Morgan fingerprint density at radius 1 is 1.56 bits per heavy atom. The standard InChI is InChI=1S/C13H17FN2OS/c14-11-2-1-10(12(5-11)13(15)18)7-16-4-3-9(6-16)8-17/h1-2,5,9,17H,3-4,6-8H2,(H2,15,18). The molecule has 98 valence electrons. The van der Waals surface area contributed by atoms with Gasteiger partial charge in [-0.3, -0.25) is 4.90 Å². The monoisotopic (exact) mass is 268 g/mol.